The highest BCUT2D eigenvalue weighted by Gasteiger charge is 2.53. The number of anilines is 1. The molecule has 2 bridgehead atoms. The molecule has 1 fully saturated rings. The van der Waals surface area contributed by atoms with Crippen molar-refractivity contribution in [3.8, 4) is 0 Å². The van der Waals surface area contributed by atoms with E-state index in [1.807, 2.05) is 0 Å². The summed E-state index contributed by atoms with van der Waals surface area (Å²) in [6, 6.07) is 4.36. The third-order valence-corrected chi connectivity index (χ3v) is 3.87. The number of carboxylic acids is 1. The summed E-state index contributed by atoms with van der Waals surface area (Å²) < 4.78 is 19.1. The van der Waals surface area contributed by atoms with Crippen molar-refractivity contribution in [3.05, 3.63) is 41.7 Å². The molecule has 1 saturated heterocycles. The second-order valence-electron chi connectivity index (χ2n) is 5.31. The lowest BCUT2D eigenvalue weighted by Gasteiger charge is -2.21. The number of hydrogen-bond donors (Lipinski definition) is 2. The van der Waals surface area contributed by atoms with Crippen molar-refractivity contribution in [2.75, 3.05) is 5.32 Å². The quantitative estimate of drug-likeness (QED) is 0.832. The van der Waals surface area contributed by atoms with Gasteiger partial charge in [-0.3, -0.25) is 9.59 Å². The van der Waals surface area contributed by atoms with Crippen LogP contribution in [0.15, 0.2) is 30.4 Å². The van der Waals surface area contributed by atoms with Gasteiger partial charge in [-0.15, -0.1) is 0 Å². The smallest absolute Gasteiger partial charge is 0.310 e. The summed E-state index contributed by atoms with van der Waals surface area (Å²) >= 11 is 0. The molecule has 0 saturated carbocycles. The van der Waals surface area contributed by atoms with Gasteiger partial charge in [-0.2, -0.15) is 0 Å². The average molecular weight is 291 g/mol. The van der Waals surface area contributed by atoms with Crippen LogP contribution in [0.1, 0.15) is 5.56 Å². The summed E-state index contributed by atoms with van der Waals surface area (Å²) in [4.78, 5) is 23.6. The maximum atomic E-state index is 13.7. The fraction of sp³-hybridized carbons (Fsp3) is 0.333. The molecule has 0 aromatic heterocycles. The van der Waals surface area contributed by atoms with E-state index in [1.165, 1.54) is 12.1 Å². The third kappa shape index (κ3) is 2.31. The van der Waals surface area contributed by atoms with Gasteiger partial charge in [0, 0.05) is 0 Å². The highest BCUT2D eigenvalue weighted by atomic mass is 19.1. The molecule has 1 amide bonds. The van der Waals surface area contributed by atoms with Crippen molar-refractivity contribution in [2.24, 2.45) is 11.8 Å². The molecule has 21 heavy (non-hydrogen) atoms. The van der Waals surface area contributed by atoms with Crippen molar-refractivity contribution in [1.29, 1.82) is 0 Å². The normalized spacial score (nSPS) is 29.6. The van der Waals surface area contributed by atoms with Crippen LogP contribution in [-0.4, -0.2) is 29.2 Å². The zero-order valence-corrected chi connectivity index (χ0v) is 11.2. The molecule has 0 aliphatic carbocycles. The second-order valence-corrected chi connectivity index (χ2v) is 5.31. The van der Waals surface area contributed by atoms with E-state index >= 15 is 0 Å². The Labute approximate surface area is 120 Å². The summed E-state index contributed by atoms with van der Waals surface area (Å²) in [5.74, 6) is -3.97. The Hall–Kier alpha value is -2.21. The van der Waals surface area contributed by atoms with Crippen LogP contribution in [0.3, 0.4) is 0 Å². The van der Waals surface area contributed by atoms with Gasteiger partial charge in [-0.1, -0.05) is 18.2 Å². The predicted molar refractivity (Wildman–Crippen MR) is 72.2 cm³/mol. The highest BCUT2D eigenvalue weighted by molar-refractivity contribution is 5.96. The van der Waals surface area contributed by atoms with Crippen LogP contribution in [0.4, 0.5) is 10.1 Å². The van der Waals surface area contributed by atoms with Gasteiger partial charge in [0.05, 0.1) is 23.8 Å². The number of aryl methyl sites for hydroxylation is 1. The number of carboxylic acid groups (broad SMARTS) is 1. The Morgan fingerprint density at radius 1 is 1.24 bits per heavy atom. The number of rotatable bonds is 3. The number of fused-ring (bicyclic) bond motifs is 2. The SMILES string of the molecule is Cc1ccc(F)c(NC(=O)[C@H]2[C@@H](C(=O)O)[C@H]3C=C[C@@H]2O3)c1. The molecule has 110 valence electrons. The largest absolute Gasteiger partial charge is 0.481 e. The van der Waals surface area contributed by atoms with Crippen molar-refractivity contribution in [1.82, 2.24) is 0 Å². The van der Waals surface area contributed by atoms with Crippen LogP contribution in [0.2, 0.25) is 0 Å². The molecule has 3 rings (SSSR count). The minimum atomic E-state index is -1.09. The summed E-state index contributed by atoms with van der Waals surface area (Å²) in [7, 11) is 0. The first kappa shape index (κ1) is 13.8. The Morgan fingerprint density at radius 3 is 2.57 bits per heavy atom. The number of amides is 1. The summed E-state index contributed by atoms with van der Waals surface area (Å²) in [5.41, 5.74) is 0.849. The molecule has 4 atom stereocenters. The van der Waals surface area contributed by atoms with E-state index in [0.29, 0.717) is 0 Å². The van der Waals surface area contributed by atoms with Gasteiger partial charge in [0.1, 0.15) is 11.7 Å². The molecule has 1 aromatic carbocycles. The van der Waals surface area contributed by atoms with Crippen LogP contribution in [-0.2, 0) is 14.3 Å². The van der Waals surface area contributed by atoms with Crippen LogP contribution in [0.25, 0.3) is 0 Å². The zero-order chi connectivity index (χ0) is 15.1. The Balaban J connectivity index is 1.83. The summed E-state index contributed by atoms with van der Waals surface area (Å²) in [6.45, 7) is 1.78. The predicted octanol–water partition coefficient (Wildman–Crippen LogP) is 1.73. The zero-order valence-electron chi connectivity index (χ0n) is 11.2. The molecular weight excluding hydrogens is 277 g/mol. The molecule has 0 radical (unpaired) electrons. The fourth-order valence-corrected chi connectivity index (χ4v) is 2.87. The van der Waals surface area contributed by atoms with Crippen LogP contribution in [0, 0.1) is 24.6 Å². The minimum absolute atomic E-state index is 0.0518. The van der Waals surface area contributed by atoms with E-state index < -0.39 is 41.7 Å². The van der Waals surface area contributed by atoms with Crippen molar-refractivity contribution in [2.45, 2.75) is 19.1 Å². The number of ether oxygens (including phenoxy) is 1. The molecule has 6 heteroatoms. The number of carbonyl (C=O) groups is 2. The number of hydrogen-bond acceptors (Lipinski definition) is 3. The highest BCUT2D eigenvalue weighted by Crippen LogP contribution is 2.40. The Kier molecular flexibility index (Phi) is 3.25. The van der Waals surface area contributed by atoms with E-state index in [9.17, 15) is 19.1 Å². The van der Waals surface area contributed by atoms with E-state index in [0.717, 1.165) is 5.56 Å². The summed E-state index contributed by atoms with van der Waals surface area (Å²) in [5, 5.41) is 11.7. The Bertz CT molecular complexity index is 643. The lowest BCUT2D eigenvalue weighted by molar-refractivity contribution is -0.145. The lowest BCUT2D eigenvalue weighted by atomic mass is 9.82. The molecule has 0 spiro atoms. The van der Waals surface area contributed by atoms with Gasteiger partial charge in [0.2, 0.25) is 5.91 Å². The van der Waals surface area contributed by atoms with E-state index in [4.69, 9.17) is 4.74 Å². The van der Waals surface area contributed by atoms with E-state index in [1.54, 1.807) is 25.1 Å². The van der Waals surface area contributed by atoms with Crippen LogP contribution >= 0.6 is 0 Å². The number of halogens is 1. The third-order valence-electron chi connectivity index (χ3n) is 3.87. The number of nitrogens with one attached hydrogen (secondary N) is 1. The second kappa shape index (κ2) is 4.96. The van der Waals surface area contributed by atoms with Gasteiger partial charge >= 0.3 is 5.97 Å². The van der Waals surface area contributed by atoms with Gasteiger partial charge in [0.15, 0.2) is 0 Å². The van der Waals surface area contributed by atoms with Crippen molar-refractivity contribution < 1.29 is 23.8 Å². The fourth-order valence-electron chi connectivity index (χ4n) is 2.87. The van der Waals surface area contributed by atoms with Gasteiger partial charge in [-0.05, 0) is 24.6 Å². The molecule has 2 aliphatic rings. The number of aliphatic carboxylic acids is 1. The molecular formula is C15H14FNO4. The first-order valence-corrected chi connectivity index (χ1v) is 6.61. The van der Waals surface area contributed by atoms with E-state index in [-0.39, 0.29) is 5.69 Å². The molecule has 2 aliphatic heterocycles. The first-order chi connectivity index (χ1) is 9.97. The average Bonchev–Trinajstić information content (AvgIpc) is 3.03. The van der Waals surface area contributed by atoms with Gasteiger partial charge in [-0.25, -0.2) is 4.39 Å². The van der Waals surface area contributed by atoms with Gasteiger partial charge in [0.25, 0.3) is 0 Å². The topological polar surface area (TPSA) is 75.6 Å². The van der Waals surface area contributed by atoms with Crippen molar-refractivity contribution >= 4 is 17.6 Å². The molecule has 2 N–H and O–H groups in total. The van der Waals surface area contributed by atoms with E-state index in [2.05, 4.69) is 5.32 Å². The van der Waals surface area contributed by atoms with Crippen molar-refractivity contribution in [3.63, 3.8) is 0 Å². The molecule has 5 nitrogen and oxygen atoms in total. The monoisotopic (exact) mass is 291 g/mol. The number of benzene rings is 1. The van der Waals surface area contributed by atoms with Gasteiger partial charge < -0.3 is 15.2 Å². The Morgan fingerprint density at radius 2 is 1.90 bits per heavy atom. The molecule has 1 aromatic rings. The van der Waals surface area contributed by atoms with Crippen LogP contribution in [0.5, 0.6) is 0 Å². The summed E-state index contributed by atoms with van der Waals surface area (Å²) in [6.07, 6.45) is 2.18. The first-order valence-electron chi connectivity index (χ1n) is 6.61. The minimum Gasteiger partial charge on any atom is -0.481 e. The van der Waals surface area contributed by atoms with Crippen LogP contribution < -0.4 is 5.32 Å². The molecule has 0 unspecified atom stereocenters. The lowest BCUT2D eigenvalue weighted by Crippen LogP contribution is -2.39. The standard InChI is InChI=1S/C15H14FNO4/c1-7-2-3-8(16)9(6-7)17-14(18)12-10-4-5-11(21-10)13(12)15(19)20/h2-6,10-13H,1H3,(H,17,18)(H,19,20)/t10-,11+,12+,13-/m0/s1. The maximum Gasteiger partial charge on any atom is 0.310 e. The molecule has 2 heterocycles. The number of carbonyl (C=O) groups excluding carboxylic acids is 1. The maximum absolute atomic E-state index is 13.7.